The third kappa shape index (κ3) is 3.80. The molecule has 122 valence electrons. The molecule has 22 heavy (non-hydrogen) atoms. The van der Waals surface area contributed by atoms with Crippen LogP contribution in [0.2, 0.25) is 0 Å². The topological polar surface area (TPSA) is 55.6 Å². The molecule has 0 aromatic heterocycles. The Morgan fingerprint density at radius 2 is 2.05 bits per heavy atom. The molecule has 4 heteroatoms. The van der Waals surface area contributed by atoms with Crippen LogP contribution in [0.15, 0.2) is 18.2 Å². The first-order valence-corrected chi connectivity index (χ1v) is 7.98. The second-order valence-electron chi connectivity index (χ2n) is 7.29. The molecule has 2 atom stereocenters. The summed E-state index contributed by atoms with van der Waals surface area (Å²) in [6, 6.07) is 6.22. The number of benzene rings is 1. The molecule has 1 saturated heterocycles. The molecule has 2 N–H and O–H groups in total. The largest absolute Gasteiger partial charge is 0.444 e. The SMILES string of the molecule is Cc1cccc(C(N)C2CCN(C(=O)OC(C)(C)C)C2)c1C. The number of rotatable bonds is 2. The van der Waals surface area contributed by atoms with E-state index >= 15 is 0 Å². The second-order valence-corrected chi connectivity index (χ2v) is 7.29. The summed E-state index contributed by atoms with van der Waals surface area (Å²) in [5, 5.41) is 0. The van der Waals surface area contributed by atoms with E-state index in [2.05, 4.69) is 32.0 Å². The van der Waals surface area contributed by atoms with Crippen LogP contribution in [-0.4, -0.2) is 29.7 Å². The fourth-order valence-corrected chi connectivity index (χ4v) is 2.96. The Hall–Kier alpha value is -1.55. The summed E-state index contributed by atoms with van der Waals surface area (Å²) in [5.74, 6) is 0.285. The van der Waals surface area contributed by atoms with Gasteiger partial charge in [0, 0.05) is 19.1 Å². The van der Waals surface area contributed by atoms with Crippen LogP contribution in [0.5, 0.6) is 0 Å². The lowest BCUT2D eigenvalue weighted by Crippen LogP contribution is -2.36. The van der Waals surface area contributed by atoms with Crippen LogP contribution in [0, 0.1) is 19.8 Å². The van der Waals surface area contributed by atoms with Crippen molar-refractivity contribution in [2.24, 2.45) is 11.7 Å². The van der Waals surface area contributed by atoms with E-state index in [0.29, 0.717) is 6.54 Å². The van der Waals surface area contributed by atoms with Gasteiger partial charge in [-0.05, 0) is 63.6 Å². The van der Waals surface area contributed by atoms with Crippen LogP contribution >= 0.6 is 0 Å². The number of carbonyl (C=O) groups excluding carboxylic acids is 1. The van der Waals surface area contributed by atoms with E-state index < -0.39 is 5.60 Å². The molecule has 0 saturated carbocycles. The standard InChI is InChI=1S/C18H28N2O2/c1-12-7-6-8-15(13(12)2)16(19)14-9-10-20(11-14)17(21)22-18(3,4)5/h6-8,14,16H,9-11,19H2,1-5H3. The molecule has 4 nitrogen and oxygen atoms in total. The number of carbonyl (C=O) groups is 1. The van der Waals surface area contributed by atoms with Gasteiger partial charge in [-0.3, -0.25) is 0 Å². The highest BCUT2D eigenvalue weighted by atomic mass is 16.6. The van der Waals surface area contributed by atoms with Crippen LogP contribution in [-0.2, 0) is 4.74 Å². The van der Waals surface area contributed by atoms with Gasteiger partial charge in [0.1, 0.15) is 5.60 Å². The summed E-state index contributed by atoms with van der Waals surface area (Å²) in [5.41, 5.74) is 9.73. The summed E-state index contributed by atoms with van der Waals surface area (Å²) in [6.07, 6.45) is 0.691. The molecule has 1 heterocycles. The van der Waals surface area contributed by atoms with Crippen molar-refractivity contribution < 1.29 is 9.53 Å². The Bertz CT molecular complexity index is 549. The molecule has 0 aliphatic carbocycles. The number of hydrogen-bond donors (Lipinski definition) is 1. The van der Waals surface area contributed by atoms with Crippen molar-refractivity contribution in [3.05, 3.63) is 34.9 Å². The Morgan fingerprint density at radius 3 is 2.68 bits per heavy atom. The molecule has 0 bridgehead atoms. The Kier molecular flexibility index (Phi) is 4.81. The molecule has 1 amide bonds. The first-order chi connectivity index (χ1) is 10.2. The third-order valence-electron chi connectivity index (χ3n) is 4.39. The Balaban J connectivity index is 2.04. The fraction of sp³-hybridized carbons (Fsp3) is 0.611. The number of amides is 1. The zero-order valence-corrected chi connectivity index (χ0v) is 14.3. The van der Waals surface area contributed by atoms with E-state index in [0.717, 1.165) is 13.0 Å². The highest BCUT2D eigenvalue weighted by Gasteiger charge is 2.33. The lowest BCUT2D eigenvalue weighted by atomic mass is 9.89. The average molecular weight is 304 g/mol. The van der Waals surface area contributed by atoms with Crippen molar-refractivity contribution in [1.29, 1.82) is 0 Å². The molecule has 2 unspecified atom stereocenters. The van der Waals surface area contributed by atoms with E-state index in [9.17, 15) is 4.79 Å². The number of likely N-dealkylation sites (tertiary alicyclic amines) is 1. The summed E-state index contributed by atoms with van der Waals surface area (Å²) in [6.45, 7) is 11.3. The molecule has 0 radical (unpaired) electrons. The van der Waals surface area contributed by atoms with Crippen LogP contribution < -0.4 is 5.73 Å². The number of hydrogen-bond acceptors (Lipinski definition) is 3. The van der Waals surface area contributed by atoms with Crippen molar-refractivity contribution in [3.8, 4) is 0 Å². The van der Waals surface area contributed by atoms with Gasteiger partial charge in [-0.25, -0.2) is 4.79 Å². The number of nitrogens with zero attached hydrogens (tertiary/aromatic N) is 1. The summed E-state index contributed by atoms with van der Waals surface area (Å²) < 4.78 is 5.44. The zero-order valence-electron chi connectivity index (χ0n) is 14.3. The van der Waals surface area contributed by atoms with Crippen molar-refractivity contribution in [1.82, 2.24) is 4.90 Å². The molecular weight excluding hydrogens is 276 g/mol. The van der Waals surface area contributed by atoms with Crippen LogP contribution in [0.4, 0.5) is 4.79 Å². The summed E-state index contributed by atoms with van der Waals surface area (Å²) in [4.78, 5) is 13.9. The van der Waals surface area contributed by atoms with Gasteiger partial charge in [0.15, 0.2) is 0 Å². The molecule has 1 aliphatic rings. The third-order valence-corrected chi connectivity index (χ3v) is 4.39. The minimum Gasteiger partial charge on any atom is -0.444 e. The van der Waals surface area contributed by atoms with Gasteiger partial charge in [-0.2, -0.15) is 0 Å². The lowest BCUT2D eigenvalue weighted by Gasteiger charge is -2.25. The van der Waals surface area contributed by atoms with Crippen LogP contribution in [0.25, 0.3) is 0 Å². The lowest BCUT2D eigenvalue weighted by molar-refractivity contribution is 0.0286. The Morgan fingerprint density at radius 1 is 1.36 bits per heavy atom. The number of nitrogens with two attached hydrogens (primary N) is 1. The van der Waals surface area contributed by atoms with E-state index in [1.54, 1.807) is 4.90 Å². The quantitative estimate of drug-likeness (QED) is 0.909. The van der Waals surface area contributed by atoms with Gasteiger partial charge in [0.2, 0.25) is 0 Å². The van der Waals surface area contributed by atoms with Crippen molar-refractivity contribution in [2.45, 2.75) is 52.7 Å². The fourth-order valence-electron chi connectivity index (χ4n) is 2.96. The van der Waals surface area contributed by atoms with Gasteiger partial charge >= 0.3 is 6.09 Å². The average Bonchev–Trinajstić information content (AvgIpc) is 2.89. The summed E-state index contributed by atoms with van der Waals surface area (Å²) >= 11 is 0. The molecule has 1 aliphatic heterocycles. The van der Waals surface area contributed by atoms with Crippen molar-refractivity contribution >= 4 is 6.09 Å². The molecular formula is C18H28N2O2. The summed E-state index contributed by atoms with van der Waals surface area (Å²) in [7, 11) is 0. The Labute approximate surface area is 133 Å². The molecule has 0 spiro atoms. The van der Waals surface area contributed by atoms with Crippen LogP contribution in [0.3, 0.4) is 0 Å². The molecule has 1 aromatic rings. The highest BCUT2D eigenvalue weighted by molar-refractivity contribution is 5.68. The number of aryl methyl sites for hydroxylation is 1. The monoisotopic (exact) mass is 304 g/mol. The molecule has 1 aromatic carbocycles. The molecule has 1 fully saturated rings. The van der Waals surface area contributed by atoms with E-state index in [1.807, 2.05) is 20.8 Å². The van der Waals surface area contributed by atoms with Crippen molar-refractivity contribution in [3.63, 3.8) is 0 Å². The maximum atomic E-state index is 12.1. The van der Waals surface area contributed by atoms with E-state index in [4.69, 9.17) is 10.5 Å². The highest BCUT2D eigenvalue weighted by Crippen LogP contribution is 2.31. The predicted octanol–water partition coefficient (Wildman–Crippen LogP) is 3.56. The van der Waals surface area contributed by atoms with Crippen LogP contribution in [0.1, 0.15) is 49.9 Å². The zero-order chi connectivity index (χ0) is 16.5. The van der Waals surface area contributed by atoms with Gasteiger partial charge in [-0.15, -0.1) is 0 Å². The van der Waals surface area contributed by atoms with E-state index in [-0.39, 0.29) is 18.1 Å². The maximum absolute atomic E-state index is 12.1. The minimum atomic E-state index is -0.454. The molecule has 2 rings (SSSR count). The smallest absolute Gasteiger partial charge is 0.410 e. The minimum absolute atomic E-state index is 0.0349. The first kappa shape index (κ1) is 16.8. The normalized spacial score (nSPS) is 20.1. The van der Waals surface area contributed by atoms with Gasteiger partial charge in [0.05, 0.1) is 0 Å². The van der Waals surface area contributed by atoms with Crippen molar-refractivity contribution in [2.75, 3.05) is 13.1 Å². The van der Waals surface area contributed by atoms with Gasteiger partial charge < -0.3 is 15.4 Å². The second kappa shape index (κ2) is 6.29. The number of ether oxygens (including phenoxy) is 1. The van der Waals surface area contributed by atoms with Gasteiger partial charge in [-0.1, -0.05) is 18.2 Å². The first-order valence-electron chi connectivity index (χ1n) is 7.98. The van der Waals surface area contributed by atoms with Gasteiger partial charge in [0.25, 0.3) is 0 Å². The predicted molar refractivity (Wildman–Crippen MR) is 88.8 cm³/mol. The maximum Gasteiger partial charge on any atom is 0.410 e. The van der Waals surface area contributed by atoms with E-state index in [1.165, 1.54) is 16.7 Å².